The van der Waals surface area contributed by atoms with E-state index in [1.807, 2.05) is 0 Å². The zero-order valence-corrected chi connectivity index (χ0v) is 21.8. The number of carbonyl (C=O) groups excluding carboxylic acids is 1. The van der Waals surface area contributed by atoms with Gasteiger partial charge in [0.05, 0.1) is 14.7 Å². The Morgan fingerprint density at radius 1 is 0.579 bits per heavy atom. The number of ether oxygens (including phenoxy) is 1. The number of halogens is 2. The minimum atomic E-state index is -6.70. The normalized spacial score (nSPS) is 13.6. The van der Waals surface area contributed by atoms with Crippen LogP contribution in [-0.4, -0.2) is 53.0 Å². The summed E-state index contributed by atoms with van der Waals surface area (Å²) in [5.41, 5.74) is 0. The number of carbonyl (C=O) groups is 1. The van der Waals surface area contributed by atoms with Crippen LogP contribution in [0.1, 0.15) is 0 Å². The van der Waals surface area contributed by atoms with E-state index in [0.29, 0.717) is 36.4 Å². The van der Waals surface area contributed by atoms with Gasteiger partial charge in [0.1, 0.15) is 0 Å². The highest BCUT2D eigenvalue weighted by molar-refractivity contribution is 8.25. The molecule has 0 heterocycles. The van der Waals surface area contributed by atoms with Crippen molar-refractivity contribution in [2.24, 2.45) is 0 Å². The fourth-order valence-corrected chi connectivity index (χ4v) is 11.5. The van der Waals surface area contributed by atoms with E-state index in [-0.39, 0.29) is 0 Å². The average Bonchev–Trinajstić information content (AvgIpc) is 2.87. The van der Waals surface area contributed by atoms with E-state index in [0.717, 1.165) is 36.4 Å². The smallest absolute Gasteiger partial charge is 0.409 e. The summed E-state index contributed by atoms with van der Waals surface area (Å²) in [4.78, 5) is 9.13. The summed E-state index contributed by atoms with van der Waals surface area (Å²) in [6.45, 7) is 0. The first-order valence-corrected chi connectivity index (χ1v) is 15.8. The Morgan fingerprint density at radius 3 is 1.08 bits per heavy atom. The van der Waals surface area contributed by atoms with Crippen LogP contribution in [-0.2, 0) is 49.2 Å². The molecule has 0 bridgehead atoms. The van der Waals surface area contributed by atoms with Crippen molar-refractivity contribution < 1.29 is 56.5 Å². The van der Waals surface area contributed by atoms with Crippen LogP contribution < -0.4 is 0 Å². The SMILES string of the molecule is O=C(OC(S(=O)(=O)c1ccccc1)(S(=O)(=O)c1ccccc1)S(=O)(=O)c1ccccc1)C(F)(F)S(=O)(=O)O. The minimum Gasteiger partial charge on any atom is -0.409 e. The molecule has 3 aromatic rings. The van der Waals surface area contributed by atoms with Crippen LogP contribution in [0, 0.1) is 0 Å². The predicted molar refractivity (Wildman–Crippen MR) is 126 cm³/mol. The fourth-order valence-electron chi connectivity index (χ4n) is 3.11. The van der Waals surface area contributed by atoms with Gasteiger partial charge in [0.25, 0.3) is 29.5 Å². The van der Waals surface area contributed by atoms with Crippen molar-refractivity contribution in [3.8, 4) is 0 Å². The van der Waals surface area contributed by atoms with Crippen LogP contribution in [0.15, 0.2) is 106 Å². The summed E-state index contributed by atoms with van der Waals surface area (Å²) in [7, 11) is -25.0. The maximum atomic E-state index is 14.3. The number of hydrogen-bond acceptors (Lipinski definition) is 10. The van der Waals surface area contributed by atoms with Crippen molar-refractivity contribution in [2.75, 3.05) is 0 Å². The molecule has 17 heteroatoms. The largest absolute Gasteiger partial charge is 0.465 e. The van der Waals surface area contributed by atoms with Gasteiger partial charge in [-0.3, -0.25) is 4.55 Å². The van der Waals surface area contributed by atoms with Gasteiger partial charge in [-0.25, -0.2) is 30.0 Å². The molecule has 0 atom stereocenters. The van der Waals surface area contributed by atoms with Crippen molar-refractivity contribution in [1.82, 2.24) is 0 Å². The van der Waals surface area contributed by atoms with E-state index in [4.69, 9.17) is 4.55 Å². The minimum absolute atomic E-state index is 0.694. The van der Waals surface area contributed by atoms with Gasteiger partial charge in [-0.15, -0.1) is 0 Å². The van der Waals surface area contributed by atoms with E-state index in [9.17, 15) is 47.2 Å². The zero-order chi connectivity index (χ0) is 28.6. The highest BCUT2D eigenvalue weighted by atomic mass is 32.3. The maximum Gasteiger partial charge on any atom is 0.465 e. The first kappa shape index (κ1) is 29.3. The number of sulfone groups is 3. The molecule has 0 unspecified atom stereocenters. The standard InChI is InChI=1S/C21H16F2O11S4/c22-20(23,38(31,32)33)19(24)34-21(35(25,26)16-10-4-1-5-11-16,36(27,28)17-12-6-2-7-13-17)37(29,30)18-14-8-3-9-15-18/h1-15H,(H,31,32,33). The third-order valence-electron chi connectivity index (χ3n) is 4.93. The molecule has 0 aliphatic heterocycles. The molecule has 0 aliphatic rings. The number of alkyl halides is 2. The Bertz CT molecular complexity index is 1610. The van der Waals surface area contributed by atoms with E-state index in [1.54, 1.807) is 0 Å². The second kappa shape index (κ2) is 9.81. The van der Waals surface area contributed by atoms with Crippen molar-refractivity contribution in [3.63, 3.8) is 0 Å². The molecule has 0 fully saturated rings. The Balaban J connectivity index is 2.60. The fraction of sp³-hybridized carbons (Fsp3) is 0.0952. The molecular weight excluding hydrogens is 594 g/mol. The molecular formula is C21H16F2O11S4. The summed E-state index contributed by atoms with van der Waals surface area (Å²) in [6.07, 6.45) is 0. The summed E-state index contributed by atoms with van der Waals surface area (Å²) >= 11 is 0. The van der Waals surface area contributed by atoms with Gasteiger partial charge in [0.2, 0.25) is 0 Å². The lowest BCUT2D eigenvalue weighted by molar-refractivity contribution is -0.162. The van der Waals surface area contributed by atoms with Crippen LogP contribution >= 0.6 is 0 Å². The molecule has 0 saturated heterocycles. The first-order chi connectivity index (χ1) is 17.4. The monoisotopic (exact) mass is 610 g/mol. The molecule has 0 spiro atoms. The van der Waals surface area contributed by atoms with Crippen LogP contribution in [0.25, 0.3) is 0 Å². The third-order valence-corrected chi connectivity index (χ3v) is 14.6. The van der Waals surface area contributed by atoms with Crippen molar-refractivity contribution in [1.29, 1.82) is 0 Å². The first-order valence-electron chi connectivity index (χ1n) is 9.92. The van der Waals surface area contributed by atoms with Gasteiger partial charge in [-0.2, -0.15) is 17.2 Å². The van der Waals surface area contributed by atoms with Crippen LogP contribution in [0.5, 0.6) is 0 Å². The Morgan fingerprint density at radius 2 is 0.842 bits per heavy atom. The van der Waals surface area contributed by atoms with Gasteiger partial charge >= 0.3 is 24.9 Å². The van der Waals surface area contributed by atoms with Crippen molar-refractivity contribution in [2.45, 2.75) is 23.5 Å². The quantitative estimate of drug-likeness (QED) is 0.276. The average molecular weight is 611 g/mol. The number of benzene rings is 3. The Hall–Kier alpha value is -3.25. The van der Waals surface area contributed by atoms with E-state index < -0.39 is 69.1 Å². The van der Waals surface area contributed by atoms with Gasteiger partial charge in [0.15, 0.2) is 0 Å². The summed E-state index contributed by atoms with van der Waals surface area (Å²) in [5.74, 6) is -3.49. The second-order valence-corrected chi connectivity index (χ2v) is 15.7. The van der Waals surface area contributed by atoms with Gasteiger partial charge in [-0.1, -0.05) is 54.6 Å². The lowest BCUT2D eigenvalue weighted by Gasteiger charge is -2.32. The maximum absolute atomic E-state index is 14.3. The van der Waals surface area contributed by atoms with Gasteiger partial charge < -0.3 is 4.74 Å². The highest BCUT2D eigenvalue weighted by Crippen LogP contribution is 2.45. The van der Waals surface area contributed by atoms with Gasteiger partial charge in [0, 0.05) is 0 Å². The van der Waals surface area contributed by atoms with E-state index >= 15 is 0 Å². The summed E-state index contributed by atoms with van der Waals surface area (Å²) < 4.78 is 143. The van der Waals surface area contributed by atoms with E-state index in [2.05, 4.69) is 4.74 Å². The molecule has 0 aromatic heterocycles. The molecule has 38 heavy (non-hydrogen) atoms. The number of esters is 1. The molecule has 0 aliphatic carbocycles. The van der Waals surface area contributed by atoms with Crippen LogP contribution in [0.4, 0.5) is 8.78 Å². The Kier molecular flexibility index (Phi) is 7.56. The molecule has 0 amide bonds. The lowest BCUT2D eigenvalue weighted by atomic mass is 10.4. The zero-order valence-electron chi connectivity index (χ0n) is 18.6. The molecule has 3 aromatic carbocycles. The number of rotatable bonds is 9. The third kappa shape index (κ3) is 4.49. The highest BCUT2D eigenvalue weighted by Gasteiger charge is 2.72. The van der Waals surface area contributed by atoms with Crippen LogP contribution in [0.2, 0.25) is 0 Å². The lowest BCUT2D eigenvalue weighted by Crippen LogP contribution is -2.58. The molecule has 0 radical (unpaired) electrons. The Labute approximate surface area is 216 Å². The topological polar surface area (TPSA) is 183 Å². The summed E-state index contributed by atoms with van der Waals surface area (Å²) in [6, 6.07) is 14.1. The van der Waals surface area contributed by atoms with Crippen molar-refractivity contribution in [3.05, 3.63) is 91.0 Å². The molecule has 204 valence electrons. The molecule has 1 N–H and O–H groups in total. The second-order valence-electron chi connectivity index (χ2n) is 7.33. The van der Waals surface area contributed by atoms with Gasteiger partial charge in [-0.05, 0) is 36.4 Å². The number of hydrogen-bond donors (Lipinski definition) is 1. The molecule has 11 nitrogen and oxygen atoms in total. The van der Waals surface area contributed by atoms with Crippen LogP contribution in [0.3, 0.4) is 0 Å². The van der Waals surface area contributed by atoms with E-state index in [1.165, 1.54) is 18.2 Å². The van der Waals surface area contributed by atoms with Crippen molar-refractivity contribution >= 4 is 45.6 Å². The predicted octanol–water partition coefficient (Wildman–Crippen LogP) is 2.04. The summed E-state index contributed by atoms with van der Waals surface area (Å²) in [5, 5.41) is -5.98. The molecule has 0 saturated carbocycles. The molecule has 3 rings (SSSR count).